The zero-order valence-corrected chi connectivity index (χ0v) is 26.7. The Bertz CT molecular complexity index is 1730. The van der Waals surface area contributed by atoms with Crippen molar-refractivity contribution in [1.82, 2.24) is 15.2 Å². The Kier molecular flexibility index (Phi) is 10.8. The van der Waals surface area contributed by atoms with E-state index in [1.54, 1.807) is 0 Å². The predicted octanol–water partition coefficient (Wildman–Crippen LogP) is 6.89. The number of hydrogen-bond acceptors (Lipinski definition) is 6. The van der Waals surface area contributed by atoms with Gasteiger partial charge in [0.1, 0.15) is 0 Å². The van der Waals surface area contributed by atoms with E-state index in [0.717, 1.165) is 65.0 Å². The number of amides is 1. The number of pyridine rings is 1. The van der Waals surface area contributed by atoms with Crippen LogP contribution in [0.1, 0.15) is 57.1 Å². The molecule has 5 aromatic rings. The van der Waals surface area contributed by atoms with Gasteiger partial charge < -0.3 is 24.8 Å². The minimum absolute atomic E-state index is 0.00855. The highest BCUT2D eigenvalue weighted by molar-refractivity contribution is 5.94. The molecule has 1 saturated heterocycles. The van der Waals surface area contributed by atoms with Gasteiger partial charge in [-0.05, 0) is 71.3 Å². The van der Waals surface area contributed by atoms with Gasteiger partial charge in [-0.15, -0.1) is 0 Å². The number of carbonyl (C=O) groups is 1. The summed E-state index contributed by atoms with van der Waals surface area (Å²) in [6.45, 7) is 2.07. The molecule has 1 aromatic heterocycles. The smallest absolute Gasteiger partial charge is 0.251 e. The fourth-order valence-corrected chi connectivity index (χ4v) is 5.92. The number of hydrogen-bond donors (Lipinski definition) is 2. The molecule has 240 valence electrons. The van der Waals surface area contributed by atoms with Crippen LogP contribution in [0, 0.1) is 0 Å². The lowest BCUT2D eigenvalue weighted by molar-refractivity contribution is -0.252. The molecule has 6 rings (SSSR count). The van der Waals surface area contributed by atoms with Crippen LogP contribution in [0.2, 0.25) is 0 Å². The molecule has 0 bridgehead atoms. The van der Waals surface area contributed by atoms with Crippen LogP contribution in [0.15, 0.2) is 128 Å². The highest BCUT2D eigenvalue weighted by Gasteiger charge is 2.33. The molecule has 0 spiro atoms. The SMILES string of the molecule is CN(CCc1ccccn1)C[C@@H]1C[C@H](c2ccc(CO)cc2)O[C@H](c2cccc(-c3cccc(CNC(=O)c4ccccc4)c3)c2)O1. The van der Waals surface area contributed by atoms with Crippen molar-refractivity contribution in [2.75, 3.05) is 20.1 Å². The van der Waals surface area contributed by atoms with Crippen LogP contribution in [-0.4, -0.2) is 47.1 Å². The number of aliphatic hydroxyl groups is 1. The van der Waals surface area contributed by atoms with Gasteiger partial charge >= 0.3 is 0 Å². The highest BCUT2D eigenvalue weighted by atomic mass is 16.7. The first-order valence-electron chi connectivity index (χ1n) is 16.2. The van der Waals surface area contributed by atoms with E-state index >= 15 is 0 Å². The number of likely N-dealkylation sites (N-methyl/N-ethyl adjacent to an activating group) is 1. The number of ether oxygens (including phenoxy) is 2. The molecule has 2 N–H and O–H groups in total. The number of nitrogens with zero attached hydrogens (tertiary/aromatic N) is 2. The number of aromatic nitrogens is 1. The van der Waals surface area contributed by atoms with Crippen LogP contribution >= 0.6 is 0 Å². The summed E-state index contributed by atoms with van der Waals surface area (Å²) in [6.07, 6.45) is 2.67. The number of aliphatic hydroxyl groups excluding tert-OH is 1. The monoisotopic (exact) mass is 627 g/mol. The van der Waals surface area contributed by atoms with E-state index < -0.39 is 6.29 Å². The number of rotatable bonds is 12. The summed E-state index contributed by atoms with van der Waals surface area (Å²) in [4.78, 5) is 19.4. The molecule has 0 radical (unpaired) electrons. The Morgan fingerprint density at radius 2 is 1.60 bits per heavy atom. The lowest BCUT2D eigenvalue weighted by atomic mass is 9.98. The van der Waals surface area contributed by atoms with Crippen LogP contribution in [0.5, 0.6) is 0 Å². The third kappa shape index (κ3) is 8.78. The highest BCUT2D eigenvalue weighted by Crippen LogP contribution is 2.39. The molecule has 2 heterocycles. The zero-order valence-electron chi connectivity index (χ0n) is 26.7. The number of carbonyl (C=O) groups excluding carboxylic acids is 1. The van der Waals surface area contributed by atoms with Crippen molar-refractivity contribution in [3.63, 3.8) is 0 Å². The van der Waals surface area contributed by atoms with Crippen molar-refractivity contribution < 1.29 is 19.4 Å². The topological polar surface area (TPSA) is 83.9 Å². The van der Waals surface area contributed by atoms with Gasteiger partial charge in [0.15, 0.2) is 6.29 Å². The van der Waals surface area contributed by atoms with Crippen molar-refractivity contribution in [2.24, 2.45) is 0 Å². The van der Waals surface area contributed by atoms with Crippen molar-refractivity contribution in [2.45, 2.75) is 44.5 Å². The first-order chi connectivity index (χ1) is 23.0. The van der Waals surface area contributed by atoms with Crippen LogP contribution in [-0.2, 0) is 29.0 Å². The molecule has 4 aromatic carbocycles. The Morgan fingerprint density at radius 1 is 0.830 bits per heavy atom. The number of nitrogens with one attached hydrogen (secondary N) is 1. The Morgan fingerprint density at radius 3 is 2.36 bits per heavy atom. The molecule has 47 heavy (non-hydrogen) atoms. The van der Waals surface area contributed by atoms with E-state index in [-0.39, 0.29) is 24.7 Å². The second-order valence-corrected chi connectivity index (χ2v) is 12.1. The normalized spacial score (nSPS) is 17.8. The third-order valence-corrected chi connectivity index (χ3v) is 8.51. The first kappa shape index (κ1) is 32.3. The Labute approximate surface area is 276 Å². The molecule has 3 atom stereocenters. The molecule has 1 aliphatic rings. The van der Waals surface area contributed by atoms with Gasteiger partial charge in [0.05, 0.1) is 18.8 Å². The molecule has 1 fully saturated rings. The van der Waals surface area contributed by atoms with Gasteiger partial charge in [-0.3, -0.25) is 9.78 Å². The minimum atomic E-state index is -0.547. The quantitative estimate of drug-likeness (QED) is 0.157. The van der Waals surface area contributed by atoms with E-state index in [2.05, 4.69) is 58.6 Å². The van der Waals surface area contributed by atoms with Gasteiger partial charge in [0.2, 0.25) is 0 Å². The molecular weight excluding hydrogens is 586 g/mol. The second kappa shape index (κ2) is 15.8. The molecule has 0 saturated carbocycles. The van der Waals surface area contributed by atoms with Gasteiger partial charge in [-0.2, -0.15) is 0 Å². The minimum Gasteiger partial charge on any atom is -0.392 e. The summed E-state index contributed by atoms with van der Waals surface area (Å²) in [5.41, 5.74) is 7.72. The maximum absolute atomic E-state index is 12.6. The first-order valence-corrected chi connectivity index (χ1v) is 16.2. The summed E-state index contributed by atoms with van der Waals surface area (Å²) < 4.78 is 13.3. The average Bonchev–Trinajstić information content (AvgIpc) is 3.14. The Balaban J connectivity index is 1.17. The van der Waals surface area contributed by atoms with Crippen LogP contribution < -0.4 is 5.32 Å². The van der Waals surface area contributed by atoms with Crippen molar-refractivity contribution in [3.05, 3.63) is 161 Å². The molecule has 0 aliphatic carbocycles. The van der Waals surface area contributed by atoms with Crippen LogP contribution in [0.25, 0.3) is 11.1 Å². The van der Waals surface area contributed by atoms with E-state index in [1.165, 1.54) is 0 Å². The van der Waals surface area contributed by atoms with E-state index in [1.807, 2.05) is 91.1 Å². The fourth-order valence-electron chi connectivity index (χ4n) is 5.92. The summed E-state index contributed by atoms with van der Waals surface area (Å²) in [7, 11) is 2.12. The van der Waals surface area contributed by atoms with Crippen LogP contribution in [0.3, 0.4) is 0 Å². The van der Waals surface area contributed by atoms with Crippen molar-refractivity contribution in [1.29, 1.82) is 0 Å². The van der Waals surface area contributed by atoms with E-state index in [0.29, 0.717) is 12.1 Å². The molecule has 7 heteroatoms. The maximum atomic E-state index is 12.6. The maximum Gasteiger partial charge on any atom is 0.251 e. The fraction of sp³-hybridized carbons (Fsp3) is 0.250. The van der Waals surface area contributed by atoms with Gasteiger partial charge in [-0.25, -0.2) is 0 Å². The van der Waals surface area contributed by atoms with Gasteiger partial charge in [0.25, 0.3) is 5.91 Å². The zero-order chi connectivity index (χ0) is 32.4. The van der Waals surface area contributed by atoms with Crippen molar-refractivity contribution >= 4 is 5.91 Å². The molecule has 1 amide bonds. The summed E-state index contributed by atoms with van der Waals surface area (Å²) in [5, 5.41) is 12.6. The second-order valence-electron chi connectivity index (χ2n) is 12.1. The lowest BCUT2D eigenvalue weighted by Gasteiger charge is -2.38. The molecular formula is C40H41N3O4. The standard InChI is InChI=1S/C40H41N3O4/c1-43(22-20-36-15-5-6-21-41-36)27-37-25-38(31-18-16-29(28-44)17-19-31)47-40(46-37)35-14-8-13-34(24-35)33-12-7-9-30(23-33)26-42-39(45)32-10-3-2-4-11-32/h2-19,21,23-24,37-38,40,44H,20,22,25-28H2,1H3,(H,42,45)/t37-,38+,40+/m0/s1. The molecule has 7 nitrogen and oxygen atoms in total. The average molecular weight is 628 g/mol. The lowest BCUT2D eigenvalue weighted by Crippen LogP contribution is -2.38. The molecule has 1 aliphatic heterocycles. The van der Waals surface area contributed by atoms with E-state index in [4.69, 9.17) is 9.47 Å². The number of benzene rings is 4. The van der Waals surface area contributed by atoms with Gasteiger partial charge in [0, 0.05) is 55.5 Å². The largest absolute Gasteiger partial charge is 0.392 e. The molecule has 0 unspecified atom stereocenters. The predicted molar refractivity (Wildman–Crippen MR) is 183 cm³/mol. The summed E-state index contributed by atoms with van der Waals surface area (Å²) in [5.74, 6) is -0.0953. The summed E-state index contributed by atoms with van der Waals surface area (Å²) in [6, 6.07) is 39.8. The van der Waals surface area contributed by atoms with E-state index in [9.17, 15) is 9.90 Å². The van der Waals surface area contributed by atoms with Gasteiger partial charge in [-0.1, -0.05) is 84.9 Å². The van der Waals surface area contributed by atoms with Crippen molar-refractivity contribution in [3.8, 4) is 11.1 Å². The third-order valence-electron chi connectivity index (χ3n) is 8.51. The van der Waals surface area contributed by atoms with Crippen LogP contribution in [0.4, 0.5) is 0 Å². The summed E-state index contributed by atoms with van der Waals surface area (Å²) >= 11 is 0. The Hall–Kier alpha value is -4.66.